The zero-order chi connectivity index (χ0) is 22.1. The zero-order valence-corrected chi connectivity index (χ0v) is 21.2. The minimum absolute atomic E-state index is 1.11. The van der Waals surface area contributed by atoms with Crippen LogP contribution in [-0.4, -0.2) is 13.1 Å². The third-order valence-corrected chi connectivity index (χ3v) is 6.64. The predicted octanol–water partition coefficient (Wildman–Crippen LogP) is 9.64. The first-order chi connectivity index (χ1) is 15.4. The van der Waals surface area contributed by atoms with Gasteiger partial charge in [-0.25, -0.2) is 0 Å². The SMILES string of the molecule is CCCCCCCCCCCCCCCCCCCCCCNCCc1ccccc1. The first kappa shape index (κ1) is 28.2. The molecule has 1 rings (SSSR count). The van der Waals surface area contributed by atoms with Crippen LogP contribution in [0, 0.1) is 0 Å². The molecule has 0 saturated carbocycles. The highest BCUT2D eigenvalue weighted by molar-refractivity contribution is 5.14. The van der Waals surface area contributed by atoms with Crippen LogP contribution in [0.5, 0.6) is 0 Å². The Kier molecular flexibility index (Phi) is 21.7. The largest absolute Gasteiger partial charge is 0.316 e. The van der Waals surface area contributed by atoms with Gasteiger partial charge in [0.1, 0.15) is 0 Å². The number of benzene rings is 1. The van der Waals surface area contributed by atoms with Gasteiger partial charge in [-0.15, -0.1) is 0 Å². The third-order valence-electron chi connectivity index (χ3n) is 6.64. The standard InChI is InChI=1S/C30H55N/c1-2-3-4-5-6-7-8-9-10-11-12-13-14-15-16-17-18-19-20-24-28-31-29-27-30-25-22-21-23-26-30/h21-23,25-26,31H,2-20,24,27-29H2,1H3. The van der Waals surface area contributed by atoms with Gasteiger partial charge in [0.15, 0.2) is 0 Å². The van der Waals surface area contributed by atoms with Crippen molar-refractivity contribution in [2.45, 2.75) is 142 Å². The summed E-state index contributed by atoms with van der Waals surface area (Å²) in [6.07, 6.45) is 30.2. The molecular formula is C30H55N. The van der Waals surface area contributed by atoms with E-state index in [1.165, 1.54) is 141 Å². The molecule has 0 aliphatic heterocycles. The first-order valence-electron chi connectivity index (χ1n) is 14.2. The van der Waals surface area contributed by atoms with Crippen LogP contribution in [0.3, 0.4) is 0 Å². The Labute approximate surface area is 196 Å². The number of hydrogen-bond donors (Lipinski definition) is 1. The Hall–Kier alpha value is -0.820. The van der Waals surface area contributed by atoms with E-state index in [-0.39, 0.29) is 0 Å². The van der Waals surface area contributed by atoms with E-state index in [0.29, 0.717) is 0 Å². The molecule has 0 atom stereocenters. The lowest BCUT2D eigenvalue weighted by atomic mass is 10.0. The van der Waals surface area contributed by atoms with Crippen molar-refractivity contribution in [2.24, 2.45) is 0 Å². The molecule has 0 unspecified atom stereocenters. The van der Waals surface area contributed by atoms with Crippen LogP contribution in [0.2, 0.25) is 0 Å². The van der Waals surface area contributed by atoms with Gasteiger partial charge in [-0.3, -0.25) is 0 Å². The Morgan fingerprint density at radius 2 is 0.839 bits per heavy atom. The molecule has 1 heteroatoms. The molecule has 0 amide bonds. The maximum absolute atomic E-state index is 3.59. The van der Waals surface area contributed by atoms with Crippen molar-refractivity contribution in [3.05, 3.63) is 35.9 Å². The second kappa shape index (κ2) is 23.8. The second-order valence-electron chi connectivity index (χ2n) is 9.70. The van der Waals surface area contributed by atoms with Crippen LogP contribution < -0.4 is 5.32 Å². The van der Waals surface area contributed by atoms with Crippen LogP contribution >= 0.6 is 0 Å². The Bertz CT molecular complexity index is 441. The van der Waals surface area contributed by atoms with Crippen molar-refractivity contribution >= 4 is 0 Å². The van der Waals surface area contributed by atoms with Crippen molar-refractivity contribution < 1.29 is 0 Å². The smallest absolute Gasteiger partial charge is 0.000835 e. The second-order valence-corrected chi connectivity index (χ2v) is 9.70. The van der Waals surface area contributed by atoms with Crippen LogP contribution in [-0.2, 0) is 6.42 Å². The van der Waals surface area contributed by atoms with Crippen LogP contribution in [0.25, 0.3) is 0 Å². The average Bonchev–Trinajstić information content (AvgIpc) is 2.80. The van der Waals surface area contributed by atoms with Crippen LogP contribution in [0.15, 0.2) is 30.3 Å². The molecule has 180 valence electrons. The van der Waals surface area contributed by atoms with Gasteiger partial charge < -0.3 is 5.32 Å². The summed E-state index contributed by atoms with van der Waals surface area (Å²) >= 11 is 0. The molecule has 0 fully saturated rings. The fraction of sp³-hybridized carbons (Fsp3) is 0.800. The highest BCUT2D eigenvalue weighted by Crippen LogP contribution is 2.14. The van der Waals surface area contributed by atoms with Crippen molar-refractivity contribution in [3.8, 4) is 0 Å². The van der Waals surface area contributed by atoms with Crippen molar-refractivity contribution in [1.29, 1.82) is 0 Å². The summed E-state index contributed by atoms with van der Waals surface area (Å²) in [4.78, 5) is 0. The topological polar surface area (TPSA) is 12.0 Å². The first-order valence-corrected chi connectivity index (χ1v) is 14.2. The van der Waals surface area contributed by atoms with Gasteiger partial charge in [-0.05, 0) is 31.5 Å². The summed E-state index contributed by atoms with van der Waals surface area (Å²) < 4.78 is 0. The van der Waals surface area contributed by atoms with Gasteiger partial charge in [0.25, 0.3) is 0 Å². The molecule has 0 aliphatic carbocycles. The molecule has 0 aromatic heterocycles. The fourth-order valence-electron chi connectivity index (χ4n) is 4.51. The Morgan fingerprint density at radius 3 is 1.26 bits per heavy atom. The van der Waals surface area contributed by atoms with Crippen LogP contribution in [0.4, 0.5) is 0 Å². The van der Waals surface area contributed by atoms with Gasteiger partial charge in [-0.2, -0.15) is 0 Å². The molecule has 0 aliphatic rings. The maximum Gasteiger partial charge on any atom is -0.000835 e. The maximum atomic E-state index is 3.59. The minimum atomic E-state index is 1.11. The average molecular weight is 430 g/mol. The van der Waals surface area contributed by atoms with Gasteiger partial charge in [-0.1, -0.05) is 159 Å². The summed E-state index contributed by atoms with van der Waals surface area (Å²) in [7, 11) is 0. The molecule has 0 bridgehead atoms. The lowest BCUT2D eigenvalue weighted by molar-refractivity contribution is 0.519. The lowest BCUT2D eigenvalue weighted by Crippen LogP contribution is -2.18. The summed E-state index contributed by atoms with van der Waals surface area (Å²) in [5.74, 6) is 0. The van der Waals surface area contributed by atoms with Gasteiger partial charge in [0.2, 0.25) is 0 Å². The van der Waals surface area contributed by atoms with E-state index in [9.17, 15) is 0 Å². The molecule has 1 aromatic rings. The molecule has 1 N–H and O–H groups in total. The normalized spacial score (nSPS) is 11.3. The van der Waals surface area contributed by atoms with E-state index in [1.54, 1.807) is 0 Å². The van der Waals surface area contributed by atoms with E-state index < -0.39 is 0 Å². The molecule has 0 saturated heterocycles. The lowest BCUT2D eigenvalue weighted by Gasteiger charge is -2.05. The molecule has 0 radical (unpaired) electrons. The number of rotatable bonds is 24. The Morgan fingerprint density at radius 1 is 0.452 bits per heavy atom. The predicted molar refractivity (Wildman–Crippen MR) is 141 cm³/mol. The van der Waals surface area contributed by atoms with E-state index in [0.717, 1.165) is 13.0 Å². The molecule has 31 heavy (non-hydrogen) atoms. The summed E-state index contributed by atoms with van der Waals surface area (Å²) in [5, 5.41) is 3.59. The van der Waals surface area contributed by atoms with Crippen molar-refractivity contribution in [2.75, 3.05) is 13.1 Å². The molecule has 1 aromatic carbocycles. The zero-order valence-electron chi connectivity index (χ0n) is 21.2. The summed E-state index contributed by atoms with van der Waals surface area (Å²) in [6.45, 7) is 4.60. The van der Waals surface area contributed by atoms with Gasteiger partial charge in [0.05, 0.1) is 0 Å². The third kappa shape index (κ3) is 20.8. The fourth-order valence-corrected chi connectivity index (χ4v) is 4.51. The molecule has 0 heterocycles. The molecule has 0 spiro atoms. The quantitative estimate of drug-likeness (QED) is 0.161. The highest BCUT2D eigenvalue weighted by atomic mass is 14.8. The summed E-state index contributed by atoms with van der Waals surface area (Å²) in [6, 6.07) is 10.8. The number of nitrogens with one attached hydrogen (secondary N) is 1. The number of unbranched alkanes of at least 4 members (excludes halogenated alkanes) is 19. The van der Waals surface area contributed by atoms with Gasteiger partial charge >= 0.3 is 0 Å². The van der Waals surface area contributed by atoms with E-state index in [1.807, 2.05) is 0 Å². The van der Waals surface area contributed by atoms with E-state index in [4.69, 9.17) is 0 Å². The minimum Gasteiger partial charge on any atom is -0.316 e. The van der Waals surface area contributed by atoms with Crippen LogP contribution in [0.1, 0.15) is 141 Å². The highest BCUT2D eigenvalue weighted by Gasteiger charge is 1.96. The van der Waals surface area contributed by atoms with Crippen molar-refractivity contribution in [3.63, 3.8) is 0 Å². The Balaban J connectivity index is 1.65. The van der Waals surface area contributed by atoms with E-state index >= 15 is 0 Å². The monoisotopic (exact) mass is 429 g/mol. The molecular weight excluding hydrogens is 374 g/mol. The van der Waals surface area contributed by atoms with Crippen molar-refractivity contribution in [1.82, 2.24) is 5.32 Å². The molecule has 1 nitrogen and oxygen atoms in total. The van der Waals surface area contributed by atoms with E-state index in [2.05, 4.69) is 42.6 Å². The number of hydrogen-bond acceptors (Lipinski definition) is 1. The van der Waals surface area contributed by atoms with Gasteiger partial charge in [0, 0.05) is 0 Å². The summed E-state index contributed by atoms with van der Waals surface area (Å²) in [5.41, 5.74) is 1.44.